The van der Waals surface area contributed by atoms with E-state index in [1.165, 1.54) is 18.5 Å². The zero-order chi connectivity index (χ0) is 8.39. The van der Waals surface area contributed by atoms with Gasteiger partial charge in [0.25, 0.3) is 0 Å². The average Bonchev–Trinajstić information content (AvgIpc) is 2.54. The van der Waals surface area contributed by atoms with Gasteiger partial charge in [-0.1, -0.05) is 12.2 Å². The van der Waals surface area contributed by atoms with E-state index < -0.39 is 0 Å². The third kappa shape index (κ3) is 1.35. The number of aromatic amines is 1. The summed E-state index contributed by atoms with van der Waals surface area (Å²) >= 11 is 0. The van der Waals surface area contributed by atoms with Crippen molar-refractivity contribution in [2.45, 2.75) is 25.2 Å². The number of nitrogens with zero attached hydrogens (tertiary/aromatic N) is 1. The van der Waals surface area contributed by atoms with Gasteiger partial charge in [-0.2, -0.15) is 5.10 Å². The normalized spacial score (nSPS) is 22.8. The molecule has 1 atom stereocenters. The van der Waals surface area contributed by atoms with E-state index >= 15 is 0 Å². The van der Waals surface area contributed by atoms with Crippen LogP contribution in [-0.2, 0) is 0 Å². The maximum atomic E-state index is 5.52. The summed E-state index contributed by atoms with van der Waals surface area (Å²) in [5, 5.41) is 6.89. The molecule has 0 aromatic carbocycles. The standard InChI is InChI=1S/C9H13N3/c10-9-6-8(11-12-9)7-4-2-1-3-5-7/h1-2,6-7H,3-5H2,(H3,10,11,12). The first-order chi connectivity index (χ1) is 5.86. The first-order valence-corrected chi connectivity index (χ1v) is 4.32. The topological polar surface area (TPSA) is 54.7 Å². The molecule has 2 rings (SSSR count). The zero-order valence-electron chi connectivity index (χ0n) is 6.96. The lowest BCUT2D eigenvalue weighted by Crippen LogP contribution is -2.00. The Bertz CT molecular complexity index is 288. The fraction of sp³-hybridized carbons (Fsp3) is 0.444. The molecule has 1 aromatic rings. The van der Waals surface area contributed by atoms with Crippen LogP contribution in [0, 0.1) is 0 Å². The lowest BCUT2D eigenvalue weighted by atomic mass is 9.92. The Labute approximate surface area is 71.7 Å². The summed E-state index contributed by atoms with van der Waals surface area (Å²) in [6.45, 7) is 0. The Morgan fingerprint density at radius 1 is 1.50 bits per heavy atom. The third-order valence-corrected chi connectivity index (χ3v) is 2.33. The molecule has 1 aliphatic carbocycles. The van der Waals surface area contributed by atoms with Gasteiger partial charge in [-0.05, 0) is 19.3 Å². The second kappa shape index (κ2) is 3.01. The van der Waals surface area contributed by atoms with Gasteiger partial charge >= 0.3 is 0 Å². The molecule has 0 bridgehead atoms. The zero-order valence-corrected chi connectivity index (χ0v) is 6.96. The van der Waals surface area contributed by atoms with E-state index in [1.54, 1.807) is 0 Å². The van der Waals surface area contributed by atoms with Gasteiger partial charge in [0.2, 0.25) is 0 Å². The Morgan fingerprint density at radius 2 is 2.42 bits per heavy atom. The van der Waals surface area contributed by atoms with Crippen molar-refractivity contribution in [3.63, 3.8) is 0 Å². The van der Waals surface area contributed by atoms with Crippen molar-refractivity contribution in [1.29, 1.82) is 0 Å². The second-order valence-electron chi connectivity index (χ2n) is 3.23. The molecule has 3 heteroatoms. The highest BCUT2D eigenvalue weighted by Crippen LogP contribution is 2.27. The molecular formula is C9H13N3. The van der Waals surface area contributed by atoms with Crippen LogP contribution in [0.15, 0.2) is 18.2 Å². The largest absolute Gasteiger partial charge is 0.382 e. The minimum absolute atomic E-state index is 0.597. The first-order valence-electron chi connectivity index (χ1n) is 4.32. The predicted octanol–water partition coefficient (Wildman–Crippen LogP) is 1.82. The molecular weight excluding hydrogens is 150 g/mol. The highest BCUT2D eigenvalue weighted by molar-refractivity contribution is 5.30. The molecule has 0 saturated carbocycles. The number of anilines is 1. The molecule has 1 heterocycles. The van der Waals surface area contributed by atoms with Crippen LogP contribution in [0.5, 0.6) is 0 Å². The average molecular weight is 163 g/mol. The monoisotopic (exact) mass is 163 g/mol. The number of hydrogen-bond acceptors (Lipinski definition) is 2. The number of nitrogens with one attached hydrogen (secondary N) is 1. The highest BCUT2D eigenvalue weighted by Gasteiger charge is 2.13. The quantitative estimate of drug-likeness (QED) is 0.620. The van der Waals surface area contributed by atoms with Crippen molar-refractivity contribution < 1.29 is 0 Å². The number of hydrogen-bond donors (Lipinski definition) is 2. The lowest BCUT2D eigenvalue weighted by Gasteiger charge is -2.14. The summed E-state index contributed by atoms with van der Waals surface area (Å²) in [6, 6.07) is 1.93. The molecule has 0 saturated heterocycles. The van der Waals surface area contributed by atoms with Gasteiger partial charge in [0.1, 0.15) is 5.82 Å². The lowest BCUT2D eigenvalue weighted by molar-refractivity contribution is 0.599. The summed E-state index contributed by atoms with van der Waals surface area (Å²) in [4.78, 5) is 0. The van der Waals surface area contributed by atoms with Gasteiger partial charge in [-0.15, -0.1) is 0 Å². The van der Waals surface area contributed by atoms with Crippen molar-refractivity contribution in [1.82, 2.24) is 10.2 Å². The molecule has 0 fully saturated rings. The van der Waals surface area contributed by atoms with Crippen LogP contribution >= 0.6 is 0 Å². The van der Waals surface area contributed by atoms with Crippen LogP contribution in [0.1, 0.15) is 30.9 Å². The molecule has 1 aliphatic rings. The van der Waals surface area contributed by atoms with Gasteiger partial charge in [0.15, 0.2) is 0 Å². The molecule has 12 heavy (non-hydrogen) atoms. The van der Waals surface area contributed by atoms with Crippen molar-refractivity contribution in [2.75, 3.05) is 5.73 Å². The van der Waals surface area contributed by atoms with E-state index in [2.05, 4.69) is 22.3 Å². The fourth-order valence-corrected chi connectivity index (χ4v) is 1.64. The van der Waals surface area contributed by atoms with E-state index in [0.717, 1.165) is 6.42 Å². The number of aromatic nitrogens is 2. The molecule has 64 valence electrons. The number of nitrogen functional groups attached to an aromatic ring is 1. The molecule has 3 nitrogen and oxygen atoms in total. The van der Waals surface area contributed by atoms with Crippen LogP contribution < -0.4 is 5.73 Å². The van der Waals surface area contributed by atoms with Crippen molar-refractivity contribution in [2.24, 2.45) is 0 Å². The van der Waals surface area contributed by atoms with Crippen LogP contribution in [0.25, 0.3) is 0 Å². The maximum Gasteiger partial charge on any atom is 0.145 e. The van der Waals surface area contributed by atoms with Crippen molar-refractivity contribution in [3.05, 3.63) is 23.9 Å². The SMILES string of the molecule is Nc1cc(C2CC=CCC2)[nH]n1. The van der Waals surface area contributed by atoms with Gasteiger partial charge in [0.05, 0.1) is 0 Å². The van der Waals surface area contributed by atoms with Crippen LogP contribution in [0.3, 0.4) is 0 Å². The molecule has 3 N–H and O–H groups in total. The van der Waals surface area contributed by atoms with Crippen LogP contribution in [-0.4, -0.2) is 10.2 Å². The Morgan fingerprint density at radius 3 is 3.00 bits per heavy atom. The third-order valence-electron chi connectivity index (χ3n) is 2.33. The van der Waals surface area contributed by atoms with E-state index in [9.17, 15) is 0 Å². The Kier molecular flexibility index (Phi) is 1.86. The Balaban J connectivity index is 2.14. The molecule has 0 radical (unpaired) electrons. The second-order valence-corrected chi connectivity index (χ2v) is 3.23. The number of H-pyrrole nitrogens is 1. The van der Waals surface area contributed by atoms with Gasteiger partial charge in [-0.3, -0.25) is 5.10 Å². The number of allylic oxidation sites excluding steroid dienone is 2. The highest BCUT2D eigenvalue weighted by atomic mass is 15.2. The van der Waals surface area contributed by atoms with Gasteiger partial charge in [0, 0.05) is 17.7 Å². The molecule has 1 unspecified atom stereocenters. The summed E-state index contributed by atoms with van der Waals surface area (Å²) in [5.74, 6) is 1.19. The molecule has 0 amide bonds. The molecule has 1 aromatic heterocycles. The Hall–Kier alpha value is -1.25. The first kappa shape index (κ1) is 7.40. The molecule has 0 spiro atoms. The van der Waals surface area contributed by atoms with E-state index in [0.29, 0.717) is 11.7 Å². The van der Waals surface area contributed by atoms with Crippen molar-refractivity contribution in [3.8, 4) is 0 Å². The van der Waals surface area contributed by atoms with Crippen molar-refractivity contribution >= 4 is 5.82 Å². The molecule has 0 aliphatic heterocycles. The fourth-order valence-electron chi connectivity index (χ4n) is 1.64. The smallest absolute Gasteiger partial charge is 0.145 e. The van der Waals surface area contributed by atoms with Crippen LogP contribution in [0.4, 0.5) is 5.82 Å². The predicted molar refractivity (Wildman–Crippen MR) is 48.7 cm³/mol. The minimum atomic E-state index is 0.597. The maximum absolute atomic E-state index is 5.52. The van der Waals surface area contributed by atoms with Gasteiger partial charge < -0.3 is 5.73 Å². The summed E-state index contributed by atoms with van der Waals surface area (Å²) in [5.41, 5.74) is 6.70. The minimum Gasteiger partial charge on any atom is -0.382 e. The van der Waals surface area contributed by atoms with E-state index in [1.807, 2.05) is 6.07 Å². The summed E-state index contributed by atoms with van der Waals surface area (Å²) in [6.07, 6.45) is 7.95. The summed E-state index contributed by atoms with van der Waals surface area (Å²) in [7, 11) is 0. The van der Waals surface area contributed by atoms with E-state index in [4.69, 9.17) is 5.73 Å². The number of rotatable bonds is 1. The van der Waals surface area contributed by atoms with Gasteiger partial charge in [-0.25, -0.2) is 0 Å². The summed E-state index contributed by atoms with van der Waals surface area (Å²) < 4.78 is 0. The van der Waals surface area contributed by atoms with Crippen LogP contribution in [0.2, 0.25) is 0 Å². The van der Waals surface area contributed by atoms with E-state index in [-0.39, 0.29) is 0 Å². The number of nitrogens with two attached hydrogens (primary N) is 1.